The van der Waals surface area contributed by atoms with Crippen molar-refractivity contribution in [2.24, 2.45) is 0 Å². The van der Waals surface area contributed by atoms with Gasteiger partial charge in [-0.15, -0.1) is 0 Å². The fourth-order valence-corrected chi connectivity index (χ4v) is 9.73. The van der Waals surface area contributed by atoms with E-state index in [-0.39, 0.29) is 5.12 Å². The summed E-state index contributed by atoms with van der Waals surface area (Å²) in [5.41, 5.74) is 24.0. The van der Waals surface area contributed by atoms with Gasteiger partial charge in [0.2, 0.25) is 0 Å². The Bertz CT molecular complexity index is 2980. The van der Waals surface area contributed by atoms with Gasteiger partial charge in [-0.3, -0.25) is 9.59 Å². The van der Waals surface area contributed by atoms with Gasteiger partial charge in [-0.2, -0.15) is 0 Å². The highest BCUT2D eigenvalue weighted by Crippen LogP contribution is 2.41. The van der Waals surface area contributed by atoms with Crippen LogP contribution in [0.4, 0.5) is 0 Å². The molecule has 0 radical (unpaired) electrons. The molecule has 0 fully saturated rings. The number of aromatic nitrogens is 4. The largest absolute Gasteiger partial charge is 0.354 e. The van der Waals surface area contributed by atoms with E-state index in [2.05, 4.69) is 149 Å². The van der Waals surface area contributed by atoms with E-state index in [1.54, 1.807) is 6.92 Å². The molecule has 2 aliphatic heterocycles. The highest BCUT2D eigenvalue weighted by atomic mass is 32.2. The van der Waals surface area contributed by atoms with Crippen molar-refractivity contribution in [3.05, 3.63) is 164 Å². The first-order valence-electron chi connectivity index (χ1n) is 20.6. The first-order valence-corrected chi connectivity index (χ1v) is 21.5. The van der Waals surface area contributed by atoms with Gasteiger partial charge in [0.15, 0.2) is 5.12 Å². The van der Waals surface area contributed by atoms with Crippen LogP contribution in [0.1, 0.15) is 79.0 Å². The van der Waals surface area contributed by atoms with Crippen molar-refractivity contribution in [1.82, 2.24) is 19.9 Å². The molecule has 0 aliphatic carbocycles. The average molecular weight is 815 g/mol. The fraction of sp³-hybridized carbons (Fsp3) is 0.148. The number of nitrogens with one attached hydrogen (secondary N) is 2. The molecule has 8 bridgehead atoms. The van der Waals surface area contributed by atoms with Crippen LogP contribution < -0.4 is 0 Å². The van der Waals surface area contributed by atoms with E-state index < -0.39 is 0 Å². The Labute approximate surface area is 360 Å². The summed E-state index contributed by atoms with van der Waals surface area (Å²) in [6, 6.07) is 33.7. The number of hydrogen-bond donors (Lipinski definition) is 2. The van der Waals surface area contributed by atoms with Crippen molar-refractivity contribution >= 4 is 69.5 Å². The predicted octanol–water partition coefficient (Wildman–Crippen LogP) is 13.8. The summed E-state index contributed by atoms with van der Waals surface area (Å²) in [5.74, 6) is 0.614. The Kier molecular flexibility index (Phi) is 10.4. The summed E-state index contributed by atoms with van der Waals surface area (Å²) in [7, 11) is 0. The lowest BCUT2D eigenvalue weighted by atomic mass is 9.92. The number of carbonyl (C=O) groups excluding carboxylic acids is 2. The Morgan fingerprint density at radius 3 is 1.30 bits per heavy atom. The van der Waals surface area contributed by atoms with E-state index in [4.69, 9.17) is 9.97 Å². The molecule has 0 saturated heterocycles. The van der Waals surface area contributed by atoms with E-state index in [1.165, 1.54) is 45.1 Å². The van der Waals surface area contributed by atoms with Crippen LogP contribution in [0.15, 0.2) is 97.1 Å². The first kappa shape index (κ1) is 39.6. The predicted molar refractivity (Wildman–Crippen MR) is 256 cm³/mol. The molecule has 4 aromatic carbocycles. The number of hydrogen-bond acceptors (Lipinski definition) is 5. The monoisotopic (exact) mass is 814 g/mol. The number of fused-ring (bicyclic) bond motifs is 8. The van der Waals surface area contributed by atoms with Gasteiger partial charge in [-0.05, 0) is 140 Å². The lowest BCUT2D eigenvalue weighted by molar-refractivity contribution is -0.109. The summed E-state index contributed by atoms with van der Waals surface area (Å²) in [6.45, 7) is 14.6. The van der Waals surface area contributed by atoms with E-state index in [0.717, 1.165) is 101 Å². The molecule has 9 rings (SSSR count). The molecular formula is C54H46N4O2S. The average Bonchev–Trinajstić information content (AvgIpc) is 4.07. The highest BCUT2D eigenvalue weighted by molar-refractivity contribution is 8.12. The lowest BCUT2D eigenvalue weighted by Gasteiger charge is -2.13. The molecule has 61 heavy (non-hydrogen) atoms. The number of thioether (sulfide) groups is 1. The molecule has 0 amide bonds. The molecule has 0 atom stereocenters. The highest BCUT2D eigenvalue weighted by Gasteiger charge is 2.22. The number of aromatic amines is 2. The van der Waals surface area contributed by atoms with E-state index in [9.17, 15) is 9.59 Å². The SMILES string of the molecule is CC(=O)SCc1ccc(-c2c3nc(c(-c4c(C)cc(C)cc4C)c4ccc([nH]4)c(-c4ccc(C=O)cc4)c4ccc([nH]4)c(-c4c(C)cc(C)cc4C)c4nc2C=C4)C=C3)cc1. The van der Waals surface area contributed by atoms with Crippen molar-refractivity contribution in [3.63, 3.8) is 0 Å². The third-order valence-electron chi connectivity index (χ3n) is 11.6. The zero-order valence-electron chi connectivity index (χ0n) is 35.5. The van der Waals surface area contributed by atoms with Gasteiger partial charge in [0.05, 0.1) is 22.8 Å². The number of rotatable bonds is 7. The third kappa shape index (κ3) is 7.51. The fourth-order valence-electron chi connectivity index (χ4n) is 9.17. The molecule has 0 spiro atoms. The summed E-state index contributed by atoms with van der Waals surface area (Å²) in [4.78, 5) is 42.3. The Morgan fingerprint density at radius 2 is 0.885 bits per heavy atom. The van der Waals surface area contributed by atoms with Gasteiger partial charge in [0.1, 0.15) is 6.29 Å². The minimum Gasteiger partial charge on any atom is -0.354 e. The summed E-state index contributed by atoms with van der Waals surface area (Å²) in [5, 5.41) is 0.0981. The van der Waals surface area contributed by atoms with Crippen molar-refractivity contribution < 1.29 is 9.59 Å². The smallest absolute Gasteiger partial charge is 0.186 e. The number of aldehydes is 1. The molecule has 3 aromatic heterocycles. The Balaban J connectivity index is 1.45. The first-order chi connectivity index (χ1) is 29.4. The summed E-state index contributed by atoms with van der Waals surface area (Å²) >= 11 is 1.31. The molecule has 0 saturated carbocycles. The molecule has 0 unspecified atom stereocenters. The van der Waals surface area contributed by atoms with Gasteiger partial charge < -0.3 is 9.97 Å². The second-order valence-corrected chi connectivity index (χ2v) is 17.4. The normalized spacial score (nSPS) is 12.0. The second kappa shape index (κ2) is 16.0. The zero-order valence-corrected chi connectivity index (χ0v) is 36.3. The van der Waals surface area contributed by atoms with Crippen LogP contribution >= 0.6 is 11.8 Å². The number of nitrogens with zero attached hydrogens (tertiary/aromatic N) is 2. The molecule has 300 valence electrons. The van der Waals surface area contributed by atoms with Gasteiger partial charge in [0, 0.05) is 62.6 Å². The minimum absolute atomic E-state index is 0.0981. The molecule has 2 aliphatic rings. The van der Waals surface area contributed by atoms with Crippen LogP contribution in [-0.4, -0.2) is 31.3 Å². The van der Waals surface area contributed by atoms with E-state index >= 15 is 0 Å². The minimum atomic E-state index is 0.0981. The van der Waals surface area contributed by atoms with E-state index in [1.807, 2.05) is 24.3 Å². The number of carbonyl (C=O) groups is 2. The second-order valence-electron chi connectivity index (χ2n) is 16.3. The van der Waals surface area contributed by atoms with Crippen molar-refractivity contribution in [2.45, 2.75) is 54.2 Å². The van der Waals surface area contributed by atoms with Gasteiger partial charge in [0.25, 0.3) is 0 Å². The standard InChI is InChI=1S/C54H46N4O2S/c1-30-24-32(3)49(33(4)25-30)53-45-20-16-41(55-45)51(39-12-8-37(28-59)9-13-39)42-17-21-46(56-42)54(50-34(5)26-31(2)27-35(50)6)48-23-19-44(58-48)52(43-18-22-47(53)57-43)40-14-10-38(11-15-40)29-61-36(7)60/h8-28,55-56H,29H2,1-7H3. The number of aryl methyl sites for hydroxylation is 6. The van der Waals surface area contributed by atoms with Crippen molar-refractivity contribution in [3.8, 4) is 44.5 Å². The molecule has 7 aromatic rings. The van der Waals surface area contributed by atoms with Crippen LogP contribution in [-0.2, 0) is 10.5 Å². The van der Waals surface area contributed by atoms with E-state index in [0.29, 0.717) is 11.3 Å². The van der Waals surface area contributed by atoms with Gasteiger partial charge in [-0.25, -0.2) is 9.97 Å². The maximum absolute atomic E-state index is 11.8. The van der Waals surface area contributed by atoms with Crippen LogP contribution in [0.2, 0.25) is 0 Å². The quantitative estimate of drug-likeness (QED) is 0.156. The van der Waals surface area contributed by atoms with Gasteiger partial charge in [-0.1, -0.05) is 95.7 Å². The molecule has 6 nitrogen and oxygen atoms in total. The summed E-state index contributed by atoms with van der Waals surface area (Å²) < 4.78 is 0. The molecule has 7 heteroatoms. The number of benzene rings is 4. The van der Waals surface area contributed by atoms with Crippen LogP contribution in [0.3, 0.4) is 0 Å². The lowest BCUT2D eigenvalue weighted by Crippen LogP contribution is -1.95. The van der Waals surface area contributed by atoms with Crippen LogP contribution in [0.25, 0.3) is 90.9 Å². The number of H-pyrrole nitrogens is 2. The zero-order chi connectivity index (χ0) is 42.5. The molecule has 5 heterocycles. The van der Waals surface area contributed by atoms with Crippen molar-refractivity contribution in [2.75, 3.05) is 0 Å². The Morgan fingerprint density at radius 1 is 0.508 bits per heavy atom. The van der Waals surface area contributed by atoms with Gasteiger partial charge >= 0.3 is 0 Å². The van der Waals surface area contributed by atoms with Crippen LogP contribution in [0.5, 0.6) is 0 Å². The topological polar surface area (TPSA) is 91.5 Å². The summed E-state index contributed by atoms with van der Waals surface area (Å²) in [6.07, 6.45) is 9.35. The van der Waals surface area contributed by atoms with Crippen molar-refractivity contribution in [1.29, 1.82) is 0 Å². The Hall–Kier alpha value is -6.83. The van der Waals surface area contributed by atoms with Crippen LogP contribution in [0, 0.1) is 41.5 Å². The molecule has 2 N–H and O–H groups in total. The maximum Gasteiger partial charge on any atom is 0.186 e. The molecular weight excluding hydrogens is 769 g/mol. The maximum atomic E-state index is 11.8. The third-order valence-corrected chi connectivity index (χ3v) is 12.5.